The minimum absolute atomic E-state index is 0.0773. The van der Waals surface area contributed by atoms with Crippen molar-refractivity contribution in [2.24, 2.45) is 0 Å². The van der Waals surface area contributed by atoms with Gasteiger partial charge in [-0.05, 0) is 30.2 Å². The van der Waals surface area contributed by atoms with Gasteiger partial charge >= 0.3 is 0 Å². The number of ketones is 1. The number of para-hydroxylation sites is 1. The SMILES string of the molecule is COc1ccccc1S(=O)(=O)Cc1cnc2c(c1)C(=O)CCCO2. The van der Waals surface area contributed by atoms with Crippen LogP contribution in [0.2, 0.25) is 0 Å². The van der Waals surface area contributed by atoms with Crippen LogP contribution >= 0.6 is 0 Å². The second kappa shape index (κ2) is 6.60. The highest BCUT2D eigenvalue weighted by Gasteiger charge is 2.23. The van der Waals surface area contributed by atoms with Crippen LogP contribution in [0.5, 0.6) is 11.6 Å². The molecule has 0 aliphatic carbocycles. The average Bonchev–Trinajstić information content (AvgIpc) is 2.76. The zero-order valence-electron chi connectivity index (χ0n) is 13.2. The molecule has 3 rings (SSSR count). The van der Waals surface area contributed by atoms with Gasteiger partial charge in [0, 0.05) is 12.6 Å². The first-order valence-electron chi connectivity index (χ1n) is 7.52. The van der Waals surface area contributed by atoms with E-state index in [-0.39, 0.29) is 22.3 Å². The van der Waals surface area contributed by atoms with Crippen LogP contribution < -0.4 is 9.47 Å². The number of carbonyl (C=O) groups is 1. The highest BCUT2D eigenvalue weighted by Crippen LogP contribution is 2.28. The smallest absolute Gasteiger partial charge is 0.224 e. The Morgan fingerprint density at radius 2 is 2.08 bits per heavy atom. The summed E-state index contributed by atoms with van der Waals surface area (Å²) in [7, 11) is -2.20. The fraction of sp³-hybridized carbons (Fsp3) is 0.294. The van der Waals surface area contributed by atoms with Gasteiger partial charge in [-0.25, -0.2) is 13.4 Å². The zero-order chi connectivity index (χ0) is 17.2. The van der Waals surface area contributed by atoms with Crippen molar-refractivity contribution in [1.29, 1.82) is 0 Å². The van der Waals surface area contributed by atoms with Gasteiger partial charge in [0.05, 0.1) is 25.0 Å². The molecule has 24 heavy (non-hydrogen) atoms. The molecule has 1 aliphatic rings. The Hall–Kier alpha value is -2.41. The summed E-state index contributed by atoms with van der Waals surface area (Å²) in [4.78, 5) is 16.3. The highest BCUT2D eigenvalue weighted by atomic mass is 32.2. The Morgan fingerprint density at radius 3 is 2.88 bits per heavy atom. The monoisotopic (exact) mass is 347 g/mol. The van der Waals surface area contributed by atoms with E-state index in [1.807, 2.05) is 0 Å². The van der Waals surface area contributed by atoms with Gasteiger partial charge in [0.15, 0.2) is 15.6 Å². The van der Waals surface area contributed by atoms with Gasteiger partial charge in [-0.1, -0.05) is 12.1 Å². The number of rotatable bonds is 4. The summed E-state index contributed by atoms with van der Waals surface area (Å²) in [6, 6.07) is 8.00. The maximum Gasteiger partial charge on any atom is 0.224 e. The number of nitrogens with zero attached hydrogens (tertiary/aromatic N) is 1. The van der Waals surface area contributed by atoms with Crippen molar-refractivity contribution in [2.75, 3.05) is 13.7 Å². The molecule has 126 valence electrons. The molecule has 0 radical (unpaired) electrons. The summed E-state index contributed by atoms with van der Waals surface area (Å²) < 4.78 is 35.9. The van der Waals surface area contributed by atoms with Crippen molar-refractivity contribution < 1.29 is 22.7 Å². The Bertz CT molecular complexity index is 876. The molecule has 7 heteroatoms. The van der Waals surface area contributed by atoms with Crippen molar-refractivity contribution in [1.82, 2.24) is 4.98 Å². The molecule has 0 bridgehead atoms. The van der Waals surface area contributed by atoms with Crippen molar-refractivity contribution in [3.63, 3.8) is 0 Å². The fourth-order valence-corrected chi connectivity index (χ4v) is 4.09. The summed E-state index contributed by atoms with van der Waals surface area (Å²) in [5.41, 5.74) is 0.790. The number of aromatic nitrogens is 1. The van der Waals surface area contributed by atoms with Gasteiger partial charge in [0.1, 0.15) is 10.6 Å². The quantitative estimate of drug-likeness (QED) is 0.845. The molecule has 0 saturated heterocycles. The summed E-state index contributed by atoms with van der Waals surface area (Å²) in [5.74, 6) is 0.225. The van der Waals surface area contributed by atoms with Gasteiger partial charge in [0.2, 0.25) is 5.88 Å². The largest absolute Gasteiger partial charge is 0.495 e. The molecule has 1 aliphatic heterocycles. The van der Waals surface area contributed by atoms with E-state index in [9.17, 15) is 13.2 Å². The number of sulfone groups is 1. The average molecular weight is 347 g/mol. The molecule has 0 unspecified atom stereocenters. The molecule has 1 aromatic carbocycles. The van der Waals surface area contributed by atoms with E-state index >= 15 is 0 Å². The van der Waals surface area contributed by atoms with Crippen LogP contribution in [0.1, 0.15) is 28.8 Å². The number of fused-ring (bicyclic) bond motifs is 1. The van der Waals surface area contributed by atoms with Gasteiger partial charge in [0.25, 0.3) is 0 Å². The highest BCUT2D eigenvalue weighted by molar-refractivity contribution is 7.90. The van der Waals surface area contributed by atoms with Crippen LogP contribution in [0.3, 0.4) is 0 Å². The molecule has 6 nitrogen and oxygen atoms in total. The van der Waals surface area contributed by atoms with E-state index in [1.165, 1.54) is 19.4 Å². The molecule has 0 saturated carbocycles. The molecular weight excluding hydrogens is 330 g/mol. The number of pyridine rings is 1. The topological polar surface area (TPSA) is 82.6 Å². The molecule has 0 amide bonds. The van der Waals surface area contributed by atoms with E-state index in [1.54, 1.807) is 24.3 Å². The van der Waals surface area contributed by atoms with Crippen LogP contribution in [0.25, 0.3) is 0 Å². The minimum Gasteiger partial charge on any atom is -0.495 e. The number of hydrogen-bond acceptors (Lipinski definition) is 6. The lowest BCUT2D eigenvalue weighted by molar-refractivity contribution is 0.0983. The van der Waals surface area contributed by atoms with E-state index in [2.05, 4.69) is 4.98 Å². The van der Waals surface area contributed by atoms with Gasteiger partial charge < -0.3 is 9.47 Å². The van der Waals surface area contributed by atoms with Crippen LogP contribution in [-0.4, -0.2) is 32.9 Å². The molecule has 2 aromatic rings. The number of carbonyl (C=O) groups excluding carboxylic acids is 1. The predicted octanol–water partition coefficient (Wildman–Crippen LogP) is 2.42. The van der Waals surface area contributed by atoms with Gasteiger partial charge in [-0.3, -0.25) is 4.79 Å². The standard InChI is InChI=1S/C17H17NO5S/c1-22-15-6-2-3-7-16(15)24(20,21)11-12-9-13-14(19)5-4-8-23-17(13)18-10-12/h2-3,6-7,9-10H,4-5,8,11H2,1H3. The normalized spacial score (nSPS) is 14.5. The fourth-order valence-electron chi connectivity index (χ4n) is 2.60. The van der Waals surface area contributed by atoms with Gasteiger partial charge in [-0.2, -0.15) is 0 Å². The lowest BCUT2D eigenvalue weighted by Crippen LogP contribution is -2.09. The minimum atomic E-state index is -3.63. The van der Waals surface area contributed by atoms with Crippen LogP contribution in [0.4, 0.5) is 0 Å². The molecule has 2 heterocycles. The van der Waals surface area contributed by atoms with Gasteiger partial charge in [-0.15, -0.1) is 0 Å². The Labute approximate surface area is 140 Å². The second-order valence-corrected chi connectivity index (χ2v) is 7.44. The maximum atomic E-state index is 12.7. The molecular formula is C17H17NO5S. The number of hydrogen-bond donors (Lipinski definition) is 0. The Balaban J connectivity index is 1.95. The van der Waals surface area contributed by atoms with E-state index in [4.69, 9.17) is 9.47 Å². The first-order chi connectivity index (χ1) is 11.5. The first kappa shape index (κ1) is 16.4. The number of benzene rings is 1. The third kappa shape index (κ3) is 3.26. The van der Waals surface area contributed by atoms with Crippen LogP contribution in [0.15, 0.2) is 41.4 Å². The van der Waals surface area contributed by atoms with E-state index in [0.717, 1.165) is 0 Å². The molecule has 0 spiro atoms. The third-order valence-electron chi connectivity index (χ3n) is 3.76. The van der Waals surface area contributed by atoms with E-state index < -0.39 is 9.84 Å². The number of ether oxygens (including phenoxy) is 2. The summed E-state index contributed by atoms with van der Waals surface area (Å²) in [6.45, 7) is 0.435. The van der Waals surface area contributed by atoms with Crippen LogP contribution in [-0.2, 0) is 15.6 Å². The van der Waals surface area contributed by atoms with Crippen LogP contribution in [0, 0.1) is 0 Å². The molecule has 0 fully saturated rings. The lowest BCUT2D eigenvalue weighted by Gasteiger charge is -2.10. The molecule has 1 aromatic heterocycles. The third-order valence-corrected chi connectivity index (χ3v) is 5.48. The number of methoxy groups -OCH3 is 1. The molecule has 0 N–H and O–H groups in total. The zero-order valence-corrected chi connectivity index (χ0v) is 14.0. The molecule has 0 atom stereocenters. The van der Waals surface area contributed by atoms with Crippen molar-refractivity contribution in [2.45, 2.75) is 23.5 Å². The van der Waals surface area contributed by atoms with Crippen molar-refractivity contribution in [3.8, 4) is 11.6 Å². The lowest BCUT2D eigenvalue weighted by atomic mass is 10.1. The van der Waals surface area contributed by atoms with E-state index in [0.29, 0.717) is 36.3 Å². The Morgan fingerprint density at radius 1 is 1.29 bits per heavy atom. The second-order valence-electron chi connectivity index (χ2n) is 5.48. The van der Waals surface area contributed by atoms with Crippen molar-refractivity contribution in [3.05, 3.63) is 47.7 Å². The predicted molar refractivity (Wildman–Crippen MR) is 87.2 cm³/mol. The summed E-state index contributed by atoms with van der Waals surface area (Å²) in [6.07, 6.45) is 2.44. The van der Waals surface area contributed by atoms with Crippen molar-refractivity contribution >= 4 is 15.6 Å². The Kier molecular flexibility index (Phi) is 4.53. The summed E-state index contributed by atoms with van der Waals surface area (Å²) >= 11 is 0. The number of Topliss-reactive ketones (excluding diaryl/α,β-unsaturated/α-hetero) is 1. The maximum absolute atomic E-state index is 12.7. The first-order valence-corrected chi connectivity index (χ1v) is 9.17. The summed E-state index contributed by atoms with van der Waals surface area (Å²) in [5, 5.41) is 0.